The van der Waals surface area contributed by atoms with E-state index < -0.39 is 0 Å². The second kappa shape index (κ2) is 10.7. The van der Waals surface area contributed by atoms with Crippen LogP contribution in [0.5, 0.6) is 5.75 Å². The maximum atomic E-state index is 6.22. The highest BCUT2D eigenvalue weighted by Crippen LogP contribution is 2.30. The van der Waals surface area contributed by atoms with E-state index in [0.717, 1.165) is 29.0 Å². The quantitative estimate of drug-likeness (QED) is 0.128. The molecule has 0 aliphatic rings. The van der Waals surface area contributed by atoms with Gasteiger partial charge in [-0.3, -0.25) is 0 Å². The third-order valence-corrected chi connectivity index (χ3v) is 6.63. The standard InChI is InChI=1S/C25H19ClI2N2O/c26-21-10-8-17(9-11-21)14-29-30-15-18-12-23(27)25(24(28)13-18)31-16-20-6-3-5-19-4-1-2-7-22(19)20/h1-13,15,29H,14,16H2/b30-15-. The number of fused-ring (bicyclic) bond motifs is 1. The van der Waals surface area contributed by atoms with E-state index in [1.54, 1.807) is 0 Å². The average Bonchev–Trinajstić information content (AvgIpc) is 2.77. The van der Waals surface area contributed by atoms with Crippen molar-refractivity contribution in [2.24, 2.45) is 5.10 Å². The van der Waals surface area contributed by atoms with Crippen molar-refractivity contribution in [3.63, 3.8) is 0 Å². The van der Waals surface area contributed by atoms with E-state index in [1.807, 2.05) is 30.5 Å². The lowest BCUT2D eigenvalue weighted by atomic mass is 10.1. The predicted octanol–water partition coefficient (Wildman–Crippen LogP) is 7.41. The molecule has 0 unspecified atom stereocenters. The Labute approximate surface area is 214 Å². The number of hydrogen-bond donors (Lipinski definition) is 1. The number of ether oxygens (including phenoxy) is 1. The Bertz CT molecular complexity index is 1200. The summed E-state index contributed by atoms with van der Waals surface area (Å²) in [5.74, 6) is 0.903. The maximum Gasteiger partial charge on any atom is 0.146 e. The van der Waals surface area contributed by atoms with Crippen molar-refractivity contribution < 1.29 is 4.74 Å². The number of hydrogen-bond acceptors (Lipinski definition) is 3. The number of rotatable bonds is 7. The molecule has 0 amide bonds. The fraction of sp³-hybridized carbons (Fsp3) is 0.0800. The van der Waals surface area contributed by atoms with Gasteiger partial charge >= 0.3 is 0 Å². The molecule has 0 saturated carbocycles. The molecule has 0 radical (unpaired) electrons. The van der Waals surface area contributed by atoms with Crippen LogP contribution < -0.4 is 10.2 Å². The molecule has 156 valence electrons. The van der Waals surface area contributed by atoms with Crippen molar-refractivity contribution in [3.8, 4) is 5.75 Å². The minimum atomic E-state index is 0.531. The average molecular weight is 653 g/mol. The minimum absolute atomic E-state index is 0.531. The lowest BCUT2D eigenvalue weighted by molar-refractivity contribution is 0.303. The van der Waals surface area contributed by atoms with Crippen LogP contribution >= 0.6 is 56.8 Å². The first-order valence-corrected chi connectivity index (χ1v) is 12.2. The van der Waals surface area contributed by atoms with Crippen LogP contribution in [0.1, 0.15) is 16.7 Å². The summed E-state index contributed by atoms with van der Waals surface area (Å²) < 4.78 is 8.34. The van der Waals surface area contributed by atoms with Crippen molar-refractivity contribution in [2.45, 2.75) is 13.2 Å². The van der Waals surface area contributed by atoms with Crippen molar-refractivity contribution in [1.29, 1.82) is 0 Å². The molecule has 0 fully saturated rings. The van der Waals surface area contributed by atoms with Gasteiger partial charge in [0.1, 0.15) is 12.4 Å². The Morgan fingerprint density at radius 1 is 0.903 bits per heavy atom. The van der Waals surface area contributed by atoms with Crippen LogP contribution in [0.2, 0.25) is 5.02 Å². The Morgan fingerprint density at radius 3 is 2.39 bits per heavy atom. The largest absolute Gasteiger partial charge is 0.487 e. The first-order chi connectivity index (χ1) is 15.1. The van der Waals surface area contributed by atoms with Gasteiger partial charge in [-0.1, -0.05) is 66.2 Å². The molecule has 4 rings (SSSR count). The molecule has 0 aromatic heterocycles. The van der Waals surface area contributed by atoms with Crippen molar-refractivity contribution in [3.05, 3.63) is 108 Å². The lowest BCUT2D eigenvalue weighted by Gasteiger charge is -2.13. The molecule has 0 atom stereocenters. The molecule has 3 nitrogen and oxygen atoms in total. The van der Waals surface area contributed by atoms with Crippen LogP contribution in [0.25, 0.3) is 10.8 Å². The summed E-state index contributed by atoms with van der Waals surface area (Å²) in [6.45, 7) is 1.18. The first-order valence-electron chi connectivity index (χ1n) is 9.69. The van der Waals surface area contributed by atoms with Gasteiger partial charge in [0.2, 0.25) is 0 Å². The van der Waals surface area contributed by atoms with E-state index in [0.29, 0.717) is 13.2 Å². The highest BCUT2D eigenvalue weighted by Gasteiger charge is 2.10. The number of halogens is 3. The molecule has 1 N–H and O–H groups in total. The zero-order valence-corrected chi connectivity index (χ0v) is 21.6. The SMILES string of the molecule is Clc1ccc(CN/N=C\c2cc(I)c(OCc3cccc4ccccc34)c(I)c2)cc1. The van der Waals surface area contributed by atoms with Gasteiger partial charge < -0.3 is 10.2 Å². The Kier molecular flexibility index (Phi) is 7.68. The van der Waals surface area contributed by atoms with E-state index in [9.17, 15) is 0 Å². The first kappa shape index (κ1) is 22.4. The zero-order chi connectivity index (χ0) is 21.6. The Balaban J connectivity index is 1.41. The Morgan fingerprint density at radius 2 is 1.61 bits per heavy atom. The summed E-state index contributed by atoms with van der Waals surface area (Å²) in [6.07, 6.45) is 1.83. The molecule has 4 aromatic rings. The normalized spacial score (nSPS) is 11.2. The van der Waals surface area contributed by atoms with E-state index in [-0.39, 0.29) is 0 Å². The van der Waals surface area contributed by atoms with Crippen molar-refractivity contribution >= 4 is 73.8 Å². The molecule has 0 heterocycles. The van der Waals surface area contributed by atoms with Crippen LogP contribution in [-0.4, -0.2) is 6.21 Å². The second-order valence-corrected chi connectivity index (χ2v) is 9.72. The highest BCUT2D eigenvalue weighted by molar-refractivity contribution is 14.1. The third-order valence-electron chi connectivity index (χ3n) is 4.77. The van der Waals surface area contributed by atoms with Gasteiger partial charge in [0.15, 0.2) is 0 Å². The molecule has 0 aliphatic carbocycles. The van der Waals surface area contributed by atoms with E-state index in [1.165, 1.54) is 16.3 Å². The van der Waals surface area contributed by atoms with E-state index in [4.69, 9.17) is 16.3 Å². The fourth-order valence-corrected chi connectivity index (χ4v) is 5.47. The summed E-state index contributed by atoms with van der Waals surface area (Å²) >= 11 is 10.6. The molecule has 31 heavy (non-hydrogen) atoms. The molecule has 6 heteroatoms. The van der Waals surface area contributed by atoms with Gasteiger partial charge in [0.05, 0.1) is 19.9 Å². The van der Waals surface area contributed by atoms with Gasteiger partial charge in [-0.25, -0.2) is 0 Å². The van der Waals surface area contributed by atoms with E-state index in [2.05, 4.69) is 110 Å². The third kappa shape index (κ3) is 5.90. The lowest BCUT2D eigenvalue weighted by Crippen LogP contribution is -2.05. The molecule has 0 spiro atoms. The zero-order valence-electron chi connectivity index (χ0n) is 16.5. The predicted molar refractivity (Wildman–Crippen MR) is 146 cm³/mol. The molecule has 0 aliphatic heterocycles. The minimum Gasteiger partial charge on any atom is -0.487 e. The van der Waals surface area contributed by atoms with Crippen LogP contribution in [-0.2, 0) is 13.2 Å². The molecular weight excluding hydrogens is 634 g/mol. The van der Waals surface area contributed by atoms with Gasteiger partial charge in [0, 0.05) is 5.02 Å². The van der Waals surface area contributed by atoms with Crippen LogP contribution in [0.4, 0.5) is 0 Å². The van der Waals surface area contributed by atoms with Gasteiger partial charge in [-0.2, -0.15) is 5.10 Å². The fourth-order valence-electron chi connectivity index (χ4n) is 3.22. The van der Waals surface area contributed by atoms with Crippen molar-refractivity contribution in [1.82, 2.24) is 5.43 Å². The molecular formula is C25H19ClI2N2O. The molecule has 0 bridgehead atoms. The number of nitrogens with zero attached hydrogens (tertiary/aromatic N) is 1. The van der Waals surface area contributed by atoms with Gasteiger partial charge in [0.25, 0.3) is 0 Å². The summed E-state index contributed by atoms with van der Waals surface area (Å²) in [6, 6.07) is 26.6. The van der Waals surface area contributed by atoms with E-state index >= 15 is 0 Å². The number of hydrazone groups is 1. The smallest absolute Gasteiger partial charge is 0.146 e. The number of benzene rings is 4. The van der Waals surface area contributed by atoms with Gasteiger partial charge in [-0.15, -0.1) is 0 Å². The van der Waals surface area contributed by atoms with Crippen molar-refractivity contribution in [2.75, 3.05) is 0 Å². The highest BCUT2D eigenvalue weighted by atomic mass is 127. The maximum absolute atomic E-state index is 6.22. The Hall–Kier alpha value is -1.84. The topological polar surface area (TPSA) is 33.6 Å². The van der Waals surface area contributed by atoms with Crippen LogP contribution in [0.3, 0.4) is 0 Å². The molecule has 4 aromatic carbocycles. The number of nitrogens with one attached hydrogen (secondary N) is 1. The summed E-state index contributed by atoms with van der Waals surface area (Å²) in [7, 11) is 0. The molecule has 0 saturated heterocycles. The monoisotopic (exact) mass is 652 g/mol. The van der Waals surface area contributed by atoms with Crippen LogP contribution in [0, 0.1) is 7.14 Å². The van der Waals surface area contributed by atoms with Crippen LogP contribution in [0.15, 0.2) is 84.0 Å². The van der Waals surface area contributed by atoms with Gasteiger partial charge in [-0.05, 0) is 96.9 Å². The second-order valence-electron chi connectivity index (χ2n) is 6.96. The summed E-state index contributed by atoms with van der Waals surface area (Å²) in [4.78, 5) is 0. The summed E-state index contributed by atoms with van der Waals surface area (Å²) in [5.41, 5.74) is 6.41. The summed E-state index contributed by atoms with van der Waals surface area (Å²) in [5, 5.41) is 7.53.